The van der Waals surface area contributed by atoms with Gasteiger partial charge in [0.15, 0.2) is 0 Å². The Hall–Kier alpha value is -1.31. The first-order valence-corrected chi connectivity index (χ1v) is 20.8. The summed E-state index contributed by atoms with van der Waals surface area (Å²) < 4.78 is 33.7. The molecule has 3 N–H and O–H groups in total. The first-order valence-electron chi connectivity index (χ1n) is 19.3. The molecule has 0 radical (unpaired) electrons. The molecule has 0 aliphatic carbocycles. The Bertz CT molecular complexity index is 831. The van der Waals surface area contributed by atoms with Crippen molar-refractivity contribution in [2.45, 2.75) is 199 Å². The van der Waals surface area contributed by atoms with Crippen LogP contribution in [0.5, 0.6) is 0 Å². The molecule has 0 bridgehead atoms. The maximum atomic E-state index is 13.1. The Morgan fingerprint density at radius 1 is 0.522 bits per heavy atom. The summed E-state index contributed by atoms with van der Waals surface area (Å²) in [5.41, 5.74) is 5.65. The molecule has 0 aliphatic rings. The Labute approximate surface area is 285 Å². The summed E-state index contributed by atoms with van der Waals surface area (Å²) in [6.45, 7) is 4.04. The van der Waals surface area contributed by atoms with Gasteiger partial charge in [0.2, 0.25) is 0 Å². The minimum Gasteiger partial charge on any atom is -0.329 e. The first-order chi connectivity index (χ1) is 22.3. The number of rotatable bonds is 35. The van der Waals surface area contributed by atoms with Crippen molar-refractivity contribution in [3.05, 3.63) is 24.3 Å². The number of nitrogens with two attached hydrogens (primary N) is 1. The highest BCUT2D eigenvalue weighted by Gasteiger charge is 2.39. The van der Waals surface area contributed by atoms with Gasteiger partial charge in [-0.1, -0.05) is 141 Å². The Kier molecular flexibility index (Phi) is 31.3. The lowest BCUT2D eigenvalue weighted by atomic mass is 9.88. The van der Waals surface area contributed by atoms with Gasteiger partial charge in [0.05, 0.1) is 5.92 Å². The van der Waals surface area contributed by atoms with Crippen LogP contribution in [0, 0.1) is 5.92 Å². The van der Waals surface area contributed by atoms with E-state index >= 15 is 0 Å². The van der Waals surface area contributed by atoms with E-state index in [-0.39, 0.29) is 12.8 Å². The van der Waals surface area contributed by atoms with Gasteiger partial charge in [-0.2, -0.15) is 8.42 Å². The quantitative estimate of drug-likeness (QED) is 0.0301. The van der Waals surface area contributed by atoms with E-state index in [0.717, 1.165) is 64.2 Å². The number of Topliss-reactive ketones (excluding diaryl/α,β-unsaturated/α-hetero) is 2. The Morgan fingerprint density at radius 3 is 1.09 bits per heavy atom. The highest BCUT2D eigenvalue weighted by molar-refractivity contribution is 7.86. The minimum absolute atomic E-state index is 0.146. The van der Waals surface area contributed by atoms with Crippen molar-refractivity contribution >= 4 is 21.7 Å². The molecule has 46 heavy (non-hydrogen) atoms. The van der Waals surface area contributed by atoms with Gasteiger partial charge >= 0.3 is 0 Å². The van der Waals surface area contributed by atoms with E-state index in [4.69, 9.17) is 5.73 Å². The number of unbranched alkanes of at least 4 members (excludes halogenated alkanes) is 22. The molecular formula is C39H73NO5S. The summed E-state index contributed by atoms with van der Waals surface area (Å²) in [5.74, 6) is -2.17. The average molecular weight is 668 g/mol. The van der Waals surface area contributed by atoms with Gasteiger partial charge in [-0.15, -0.1) is 0 Å². The van der Waals surface area contributed by atoms with E-state index in [1.165, 1.54) is 89.9 Å². The van der Waals surface area contributed by atoms with Crippen LogP contribution in [-0.4, -0.2) is 36.3 Å². The van der Waals surface area contributed by atoms with Gasteiger partial charge < -0.3 is 5.73 Å². The van der Waals surface area contributed by atoms with Crippen LogP contribution in [0.15, 0.2) is 24.3 Å². The summed E-state index contributed by atoms with van der Waals surface area (Å²) >= 11 is 0. The molecule has 7 heteroatoms. The summed E-state index contributed by atoms with van der Waals surface area (Å²) in [6.07, 6.45) is 39.2. The SMILES string of the molecule is CCCCCCCCC=CCCCCCCCC(=O)C(C(=O)CCCCCCCC=CCCCCCCCC)C(CN)S(=O)(=O)O. The van der Waals surface area contributed by atoms with Crippen LogP contribution in [-0.2, 0) is 19.7 Å². The third-order valence-corrected chi connectivity index (χ3v) is 10.3. The summed E-state index contributed by atoms with van der Waals surface area (Å²) in [5, 5.41) is -1.56. The van der Waals surface area contributed by atoms with Crippen LogP contribution in [0.1, 0.15) is 194 Å². The van der Waals surface area contributed by atoms with Crippen LogP contribution >= 0.6 is 0 Å². The second-order valence-electron chi connectivity index (χ2n) is 13.4. The van der Waals surface area contributed by atoms with E-state index in [1.807, 2.05) is 0 Å². The van der Waals surface area contributed by atoms with Gasteiger partial charge in [-0.05, 0) is 64.2 Å². The maximum absolute atomic E-state index is 13.1. The zero-order valence-corrected chi connectivity index (χ0v) is 30.9. The number of ketones is 2. The highest BCUT2D eigenvalue weighted by Crippen LogP contribution is 2.21. The van der Waals surface area contributed by atoms with Crippen molar-refractivity contribution in [1.82, 2.24) is 0 Å². The lowest BCUT2D eigenvalue weighted by Crippen LogP contribution is -2.44. The molecule has 0 saturated heterocycles. The molecule has 6 nitrogen and oxygen atoms in total. The van der Waals surface area contributed by atoms with Gasteiger partial charge in [0.1, 0.15) is 16.8 Å². The fourth-order valence-corrected chi connectivity index (χ4v) is 6.97. The Balaban J connectivity index is 4.24. The smallest absolute Gasteiger partial charge is 0.270 e. The third kappa shape index (κ3) is 26.7. The van der Waals surface area contributed by atoms with E-state index in [9.17, 15) is 22.6 Å². The van der Waals surface area contributed by atoms with Crippen LogP contribution in [0.2, 0.25) is 0 Å². The highest BCUT2D eigenvalue weighted by atomic mass is 32.2. The van der Waals surface area contributed by atoms with Crippen molar-refractivity contribution in [2.75, 3.05) is 6.54 Å². The molecule has 0 rings (SSSR count). The van der Waals surface area contributed by atoms with Crippen LogP contribution in [0.25, 0.3) is 0 Å². The van der Waals surface area contributed by atoms with Gasteiger partial charge in [0, 0.05) is 19.4 Å². The summed E-state index contributed by atoms with van der Waals surface area (Å²) in [7, 11) is -4.60. The van der Waals surface area contributed by atoms with Gasteiger partial charge in [-0.3, -0.25) is 14.1 Å². The van der Waals surface area contributed by atoms with Crippen molar-refractivity contribution in [2.24, 2.45) is 11.7 Å². The molecule has 0 aromatic carbocycles. The van der Waals surface area contributed by atoms with E-state index < -0.39 is 39.4 Å². The topological polar surface area (TPSA) is 115 Å². The lowest BCUT2D eigenvalue weighted by molar-refractivity contribution is -0.133. The number of hydrogen-bond donors (Lipinski definition) is 2. The lowest BCUT2D eigenvalue weighted by Gasteiger charge is -2.21. The molecule has 1 atom stereocenters. The van der Waals surface area contributed by atoms with Gasteiger partial charge in [-0.25, -0.2) is 0 Å². The predicted molar refractivity (Wildman–Crippen MR) is 197 cm³/mol. The van der Waals surface area contributed by atoms with Crippen LogP contribution in [0.4, 0.5) is 0 Å². The van der Waals surface area contributed by atoms with Crippen LogP contribution in [0.3, 0.4) is 0 Å². The van der Waals surface area contributed by atoms with Crippen molar-refractivity contribution in [1.29, 1.82) is 0 Å². The van der Waals surface area contributed by atoms with Gasteiger partial charge in [0.25, 0.3) is 10.1 Å². The predicted octanol–water partition coefficient (Wildman–Crippen LogP) is 11.0. The zero-order valence-electron chi connectivity index (χ0n) is 30.0. The molecule has 0 saturated carbocycles. The molecule has 0 heterocycles. The van der Waals surface area contributed by atoms with E-state index in [1.54, 1.807) is 0 Å². The number of carbonyl (C=O) groups is 2. The fraction of sp³-hybridized carbons (Fsp3) is 0.846. The fourth-order valence-electron chi connectivity index (χ4n) is 6.07. The zero-order chi connectivity index (χ0) is 34.1. The van der Waals surface area contributed by atoms with Crippen molar-refractivity contribution in [3.8, 4) is 0 Å². The van der Waals surface area contributed by atoms with E-state index in [2.05, 4.69) is 38.2 Å². The molecule has 0 aromatic heterocycles. The second-order valence-corrected chi connectivity index (χ2v) is 15.0. The first kappa shape index (κ1) is 44.7. The largest absolute Gasteiger partial charge is 0.329 e. The molecule has 0 fully saturated rings. The molecule has 0 amide bonds. The maximum Gasteiger partial charge on any atom is 0.270 e. The standard InChI is InChI=1S/C39H73NO5S/c1-3-5-7-9-11-13-15-17-19-21-23-25-27-29-31-33-36(41)39(38(35-40)46(43,44)45)37(42)34-32-30-28-26-24-22-20-18-16-14-12-10-8-6-4-2/h17-20,38-39H,3-16,21-35,40H2,1-2H3,(H,43,44,45). The Morgan fingerprint density at radius 2 is 0.804 bits per heavy atom. The minimum atomic E-state index is -4.60. The van der Waals surface area contributed by atoms with Crippen LogP contribution < -0.4 is 5.73 Å². The molecule has 0 aromatic rings. The molecule has 0 spiro atoms. The van der Waals surface area contributed by atoms with E-state index in [0.29, 0.717) is 12.8 Å². The second kappa shape index (κ2) is 32.2. The number of allylic oxidation sites excluding steroid dienone is 4. The third-order valence-electron chi connectivity index (χ3n) is 9.05. The summed E-state index contributed by atoms with van der Waals surface area (Å²) in [4.78, 5) is 26.1. The van der Waals surface area contributed by atoms with Crippen molar-refractivity contribution in [3.63, 3.8) is 0 Å². The monoisotopic (exact) mass is 668 g/mol. The molecule has 1 unspecified atom stereocenters. The normalized spacial score (nSPS) is 13.6. The summed E-state index contributed by atoms with van der Waals surface area (Å²) in [6, 6.07) is 0. The van der Waals surface area contributed by atoms with Crippen molar-refractivity contribution < 1.29 is 22.6 Å². The molecule has 270 valence electrons. The molecule has 0 aliphatic heterocycles. The number of hydrogen-bond acceptors (Lipinski definition) is 5. The molecular weight excluding hydrogens is 594 g/mol. The number of carbonyl (C=O) groups excluding carboxylic acids is 2. The average Bonchev–Trinajstić information content (AvgIpc) is 3.02.